The van der Waals surface area contributed by atoms with Gasteiger partial charge in [0, 0.05) is 18.5 Å². The molecule has 2 atom stereocenters. The third kappa shape index (κ3) is 3.53. The SMILES string of the molecule is O=C(c1ccc2ccccc2n1)N1CCC[C@]2(C[C@@H](CN3CCCC3)CO2)C1. The van der Waals surface area contributed by atoms with Crippen LogP contribution in [0, 0.1) is 5.92 Å². The van der Waals surface area contributed by atoms with E-state index < -0.39 is 0 Å². The maximum Gasteiger partial charge on any atom is 0.272 e. The van der Waals surface area contributed by atoms with Crippen molar-refractivity contribution in [3.63, 3.8) is 0 Å². The number of likely N-dealkylation sites (tertiary alicyclic amines) is 2. The molecule has 0 aliphatic carbocycles. The Bertz CT molecular complexity index is 864. The van der Waals surface area contributed by atoms with Gasteiger partial charge in [-0.2, -0.15) is 0 Å². The van der Waals surface area contributed by atoms with Gasteiger partial charge in [0.15, 0.2) is 0 Å². The van der Waals surface area contributed by atoms with Crippen LogP contribution in [0.25, 0.3) is 10.9 Å². The van der Waals surface area contributed by atoms with Gasteiger partial charge in [-0.25, -0.2) is 4.98 Å². The number of carbonyl (C=O) groups excluding carboxylic acids is 1. The summed E-state index contributed by atoms with van der Waals surface area (Å²) >= 11 is 0. The molecule has 1 aromatic heterocycles. The van der Waals surface area contributed by atoms with Crippen molar-refractivity contribution in [2.75, 3.05) is 39.3 Å². The van der Waals surface area contributed by atoms with Crippen LogP contribution >= 0.6 is 0 Å². The number of pyridine rings is 1. The molecule has 3 aliphatic rings. The second-order valence-electron chi connectivity index (χ2n) is 8.79. The van der Waals surface area contributed by atoms with Gasteiger partial charge in [0.05, 0.1) is 24.3 Å². The monoisotopic (exact) mass is 379 g/mol. The highest BCUT2D eigenvalue weighted by molar-refractivity contribution is 5.95. The van der Waals surface area contributed by atoms with Gasteiger partial charge in [0.2, 0.25) is 0 Å². The normalized spacial score (nSPS) is 28.4. The molecule has 1 aromatic carbocycles. The van der Waals surface area contributed by atoms with Crippen LogP contribution in [0.4, 0.5) is 0 Å². The number of ether oxygens (including phenoxy) is 1. The second kappa shape index (κ2) is 7.45. The molecule has 2 aromatic rings. The Labute approximate surface area is 166 Å². The van der Waals surface area contributed by atoms with Crippen LogP contribution < -0.4 is 0 Å². The predicted octanol–water partition coefficient (Wildman–Crippen LogP) is 3.34. The highest BCUT2D eigenvalue weighted by atomic mass is 16.5. The Morgan fingerprint density at radius 2 is 1.96 bits per heavy atom. The number of piperidine rings is 1. The lowest BCUT2D eigenvalue weighted by Gasteiger charge is -2.39. The summed E-state index contributed by atoms with van der Waals surface area (Å²) in [6.07, 6.45) is 5.83. The minimum atomic E-state index is -0.144. The van der Waals surface area contributed by atoms with Crippen LogP contribution in [-0.2, 0) is 4.74 Å². The number of hydrogen-bond donors (Lipinski definition) is 0. The zero-order valence-corrected chi connectivity index (χ0v) is 16.5. The van der Waals surface area contributed by atoms with Crippen LogP contribution in [0.5, 0.6) is 0 Å². The minimum absolute atomic E-state index is 0.0384. The number of benzene rings is 1. The van der Waals surface area contributed by atoms with E-state index in [2.05, 4.69) is 9.88 Å². The van der Waals surface area contributed by atoms with Crippen LogP contribution in [0.1, 0.15) is 42.6 Å². The fraction of sp³-hybridized carbons (Fsp3) is 0.565. The molecule has 0 saturated carbocycles. The molecule has 28 heavy (non-hydrogen) atoms. The van der Waals surface area contributed by atoms with Crippen molar-refractivity contribution in [2.45, 2.75) is 37.7 Å². The summed E-state index contributed by atoms with van der Waals surface area (Å²) in [5, 5.41) is 1.07. The number of rotatable bonds is 3. The molecule has 0 N–H and O–H groups in total. The Morgan fingerprint density at radius 1 is 1.11 bits per heavy atom. The second-order valence-corrected chi connectivity index (χ2v) is 8.79. The Balaban J connectivity index is 1.27. The zero-order valence-electron chi connectivity index (χ0n) is 16.5. The van der Waals surface area contributed by atoms with E-state index in [9.17, 15) is 4.79 Å². The van der Waals surface area contributed by atoms with Crippen LogP contribution in [0.3, 0.4) is 0 Å². The molecule has 4 heterocycles. The van der Waals surface area contributed by atoms with Gasteiger partial charge in [-0.1, -0.05) is 24.3 Å². The van der Waals surface area contributed by atoms with E-state index in [1.54, 1.807) is 0 Å². The van der Waals surface area contributed by atoms with Gasteiger partial charge in [-0.05, 0) is 63.2 Å². The maximum atomic E-state index is 13.1. The molecule has 0 radical (unpaired) electrons. The molecule has 0 bridgehead atoms. The van der Waals surface area contributed by atoms with Crippen molar-refractivity contribution in [2.24, 2.45) is 5.92 Å². The molecule has 1 spiro atoms. The molecular weight excluding hydrogens is 350 g/mol. The van der Waals surface area contributed by atoms with Gasteiger partial charge in [-0.15, -0.1) is 0 Å². The van der Waals surface area contributed by atoms with Crippen molar-refractivity contribution in [1.82, 2.24) is 14.8 Å². The number of amides is 1. The number of hydrogen-bond acceptors (Lipinski definition) is 4. The lowest BCUT2D eigenvalue weighted by atomic mass is 9.86. The third-order valence-corrected chi connectivity index (χ3v) is 6.65. The first kappa shape index (κ1) is 18.1. The van der Waals surface area contributed by atoms with E-state index in [1.807, 2.05) is 41.3 Å². The molecule has 3 saturated heterocycles. The van der Waals surface area contributed by atoms with Crippen molar-refractivity contribution < 1.29 is 9.53 Å². The number of nitrogens with zero attached hydrogens (tertiary/aromatic N) is 3. The van der Waals surface area contributed by atoms with Crippen molar-refractivity contribution in [3.8, 4) is 0 Å². The zero-order chi connectivity index (χ0) is 19.0. The fourth-order valence-electron chi connectivity index (χ4n) is 5.29. The van der Waals surface area contributed by atoms with E-state index in [4.69, 9.17) is 4.74 Å². The van der Waals surface area contributed by atoms with Crippen LogP contribution in [0.15, 0.2) is 36.4 Å². The molecule has 5 rings (SSSR count). The van der Waals surface area contributed by atoms with Gasteiger partial charge in [0.1, 0.15) is 5.69 Å². The minimum Gasteiger partial charge on any atom is -0.373 e. The number of carbonyl (C=O) groups is 1. The largest absolute Gasteiger partial charge is 0.373 e. The van der Waals surface area contributed by atoms with Gasteiger partial charge in [0.25, 0.3) is 5.91 Å². The summed E-state index contributed by atoms with van der Waals surface area (Å²) in [4.78, 5) is 22.3. The lowest BCUT2D eigenvalue weighted by molar-refractivity contribution is -0.0451. The molecule has 1 amide bonds. The summed E-state index contributed by atoms with van der Waals surface area (Å²) in [5.74, 6) is 0.642. The Hall–Kier alpha value is -1.98. The van der Waals surface area contributed by atoms with Gasteiger partial charge >= 0.3 is 0 Å². The third-order valence-electron chi connectivity index (χ3n) is 6.65. The van der Waals surface area contributed by atoms with E-state index in [-0.39, 0.29) is 11.5 Å². The number of fused-ring (bicyclic) bond motifs is 1. The first-order chi connectivity index (χ1) is 13.7. The summed E-state index contributed by atoms with van der Waals surface area (Å²) in [6, 6.07) is 11.8. The van der Waals surface area contributed by atoms with Crippen molar-refractivity contribution in [3.05, 3.63) is 42.1 Å². The van der Waals surface area contributed by atoms with E-state index in [0.29, 0.717) is 18.2 Å². The van der Waals surface area contributed by atoms with E-state index in [1.165, 1.54) is 25.9 Å². The number of aromatic nitrogens is 1. The smallest absolute Gasteiger partial charge is 0.272 e. The molecule has 3 aliphatic heterocycles. The average molecular weight is 380 g/mol. The quantitative estimate of drug-likeness (QED) is 0.821. The Kier molecular flexibility index (Phi) is 4.81. The molecule has 148 valence electrons. The summed E-state index contributed by atoms with van der Waals surface area (Å²) in [6.45, 7) is 5.98. The van der Waals surface area contributed by atoms with Crippen LogP contribution in [0.2, 0.25) is 0 Å². The summed E-state index contributed by atoms with van der Waals surface area (Å²) in [5.41, 5.74) is 1.28. The Morgan fingerprint density at radius 3 is 2.86 bits per heavy atom. The van der Waals surface area contributed by atoms with Crippen molar-refractivity contribution in [1.29, 1.82) is 0 Å². The standard InChI is InChI=1S/C23H29N3O2/c27-22(21-9-8-19-6-1-2-7-20(19)24-21)26-13-5-10-23(17-26)14-18(16-28-23)15-25-11-3-4-12-25/h1-2,6-9,18H,3-5,10-17H2/t18-,23-/m0/s1. The van der Waals surface area contributed by atoms with E-state index in [0.717, 1.165) is 49.9 Å². The van der Waals surface area contributed by atoms with Crippen molar-refractivity contribution >= 4 is 16.8 Å². The van der Waals surface area contributed by atoms with Crippen LogP contribution in [-0.4, -0.2) is 65.6 Å². The lowest BCUT2D eigenvalue weighted by Crippen LogP contribution is -2.50. The molecular formula is C23H29N3O2. The first-order valence-corrected chi connectivity index (χ1v) is 10.7. The molecule has 3 fully saturated rings. The molecule has 0 unspecified atom stereocenters. The predicted molar refractivity (Wildman–Crippen MR) is 109 cm³/mol. The highest BCUT2D eigenvalue weighted by Crippen LogP contribution is 2.38. The summed E-state index contributed by atoms with van der Waals surface area (Å²) in [7, 11) is 0. The molecule has 5 heteroatoms. The maximum absolute atomic E-state index is 13.1. The van der Waals surface area contributed by atoms with Gasteiger partial charge < -0.3 is 14.5 Å². The first-order valence-electron chi connectivity index (χ1n) is 10.7. The van der Waals surface area contributed by atoms with Gasteiger partial charge in [-0.3, -0.25) is 4.79 Å². The average Bonchev–Trinajstić information content (AvgIpc) is 3.38. The molecule has 5 nitrogen and oxygen atoms in total. The topological polar surface area (TPSA) is 45.7 Å². The highest BCUT2D eigenvalue weighted by Gasteiger charge is 2.45. The number of para-hydroxylation sites is 1. The van der Waals surface area contributed by atoms with E-state index >= 15 is 0 Å². The summed E-state index contributed by atoms with van der Waals surface area (Å²) < 4.78 is 6.35. The fourth-order valence-corrected chi connectivity index (χ4v) is 5.29.